The van der Waals surface area contributed by atoms with Crippen LogP contribution in [-0.2, 0) is 41.5 Å². The van der Waals surface area contributed by atoms with Crippen LogP contribution < -0.4 is 60.5 Å². The number of rotatable bonds is 15. The van der Waals surface area contributed by atoms with Crippen molar-refractivity contribution >= 4 is 53.6 Å². The zero-order valence-corrected chi connectivity index (χ0v) is 40.6. The molecule has 30 nitrogen and oxygen atoms in total. The number of pyridine rings is 3. The summed E-state index contributed by atoms with van der Waals surface area (Å²) in [5, 5.41) is 59.5. The van der Waals surface area contributed by atoms with Crippen molar-refractivity contribution in [2.45, 2.75) is 73.6 Å². The fraction of sp³-hybridized carbons (Fsp3) is 0.455. The van der Waals surface area contributed by atoms with E-state index in [4.69, 9.17) is 60.8 Å². The Labute approximate surface area is 411 Å². The van der Waals surface area contributed by atoms with E-state index >= 15 is 0 Å². The summed E-state index contributed by atoms with van der Waals surface area (Å²) in [4.78, 5) is 85.3. The molecule has 0 bridgehead atoms. The van der Waals surface area contributed by atoms with Crippen LogP contribution in [0, 0.1) is 0 Å². The molecule has 0 aromatic carbocycles. The third-order valence-corrected chi connectivity index (χ3v) is 10.9. The first-order valence-corrected chi connectivity index (χ1v) is 23.2. The maximum atomic E-state index is 11.1. The summed E-state index contributed by atoms with van der Waals surface area (Å²) in [5.74, 6) is -2.03. The molecular weight excluding hydrogens is 1020 g/mol. The molecule has 374 valence electrons. The molecule has 3 aliphatic rings. The van der Waals surface area contributed by atoms with Crippen LogP contribution >= 0.6 is 35.9 Å². The van der Waals surface area contributed by atoms with Gasteiger partial charge in [0.25, 0.3) is 36.4 Å². The van der Waals surface area contributed by atoms with E-state index in [0.29, 0.717) is 0 Å². The average molecular weight is 1070 g/mol. The van der Waals surface area contributed by atoms with Crippen molar-refractivity contribution in [3.63, 3.8) is 0 Å². The number of amides is 3. The van der Waals surface area contributed by atoms with Gasteiger partial charge in [-0.1, -0.05) is 0 Å². The second kappa shape index (κ2) is 26.0. The molecule has 35 heteroatoms. The monoisotopic (exact) mass is 1060 g/mol. The maximum absolute atomic E-state index is 11.1. The molecule has 3 saturated heterocycles. The van der Waals surface area contributed by atoms with E-state index in [0.717, 1.165) is 0 Å². The first-order valence-electron chi connectivity index (χ1n) is 18.6. The van der Waals surface area contributed by atoms with Crippen LogP contribution in [0.15, 0.2) is 73.6 Å². The van der Waals surface area contributed by atoms with Crippen molar-refractivity contribution in [3.05, 3.63) is 90.3 Å². The Morgan fingerprint density at radius 1 is 0.485 bits per heavy atom. The molecular formula is C33H49ClN6NaO24P3+4. The molecule has 3 aliphatic heterocycles. The molecule has 3 amide bonds. The van der Waals surface area contributed by atoms with Crippen LogP contribution in [0.4, 0.5) is 0 Å². The number of aromatic nitrogens is 3. The molecule has 3 aromatic heterocycles. The maximum Gasteiger partial charge on any atom is 1.00 e. The average Bonchev–Trinajstić information content (AvgIpc) is 3.81. The van der Waals surface area contributed by atoms with Gasteiger partial charge in [0.05, 0.1) is 19.8 Å². The third-order valence-electron chi connectivity index (χ3n) is 9.43. The standard InChI is InChI=1S/3C11H15N2O8P.ClH.Na/c3*12-10(16)6-2-1-3-13(4-6)11-9(15)8(14)7(21-11)5-20-22(17,18)19;;/h3*1-4,7-9,11,14-15H,5H2,(H3-,12,16,17,18,19);1H;/q;;;;+1/p+3/t3*7-,8?,9+,11-;;/m111../s1. The first kappa shape index (κ1) is 61.2. The summed E-state index contributed by atoms with van der Waals surface area (Å²) in [6.07, 6.45) is -6.53. The van der Waals surface area contributed by atoms with Gasteiger partial charge in [0, 0.05) is 18.2 Å². The van der Waals surface area contributed by atoms with Crippen molar-refractivity contribution in [1.29, 1.82) is 0 Å². The predicted octanol–water partition coefficient (Wildman–Crippen LogP) is -9.17. The number of phosphoric acid groups is 3. The van der Waals surface area contributed by atoms with Gasteiger partial charge in [-0.05, 0) is 18.2 Å². The van der Waals surface area contributed by atoms with Crippen LogP contribution in [0.3, 0.4) is 0 Å². The molecule has 6 heterocycles. The van der Waals surface area contributed by atoms with E-state index in [2.05, 4.69) is 13.6 Å². The number of carbonyl (C=O) groups is 3. The number of phosphoric ester groups is 3. The van der Waals surface area contributed by atoms with Crippen LogP contribution in [0.5, 0.6) is 0 Å². The molecule has 68 heavy (non-hydrogen) atoms. The summed E-state index contributed by atoms with van der Waals surface area (Å²) in [5.41, 5.74) is 16.0. The molecule has 18 N–H and O–H groups in total. The predicted molar refractivity (Wildman–Crippen MR) is 214 cm³/mol. The minimum absolute atomic E-state index is 0. The van der Waals surface area contributed by atoms with Crippen LogP contribution in [0.2, 0.25) is 0 Å². The fourth-order valence-electron chi connectivity index (χ4n) is 6.24. The fourth-order valence-corrected chi connectivity index (χ4v) is 7.26. The Balaban J connectivity index is 0.000000345. The number of hydrogen-bond donors (Lipinski definition) is 15. The molecule has 0 radical (unpaired) electrons. The van der Waals surface area contributed by atoms with E-state index in [1.807, 2.05) is 0 Å². The summed E-state index contributed by atoms with van der Waals surface area (Å²) >= 11 is 0. The molecule has 0 saturated carbocycles. The molecule has 3 fully saturated rings. The number of carbonyl (C=O) groups excluding carboxylic acids is 3. The Bertz CT molecular complexity index is 2080. The van der Waals surface area contributed by atoms with Crippen LogP contribution in [-0.4, -0.2) is 152 Å². The number of nitrogens with two attached hydrogens (primary N) is 3. The number of aliphatic hydroxyl groups excluding tert-OH is 6. The van der Waals surface area contributed by atoms with Crippen molar-refractivity contribution < 1.29 is 159 Å². The van der Waals surface area contributed by atoms with Crippen molar-refractivity contribution in [3.8, 4) is 0 Å². The van der Waals surface area contributed by atoms with Crippen molar-refractivity contribution in [2.75, 3.05) is 19.8 Å². The zero-order chi connectivity index (χ0) is 49.5. The second-order valence-electron chi connectivity index (χ2n) is 14.2. The number of aliphatic hydroxyl groups is 6. The Morgan fingerprint density at radius 3 is 0.897 bits per heavy atom. The van der Waals surface area contributed by atoms with Gasteiger partial charge < -0.3 is 91.4 Å². The Hall–Kier alpha value is -2.88. The number of nitrogens with zero attached hydrogens (tertiary/aromatic N) is 3. The first-order chi connectivity index (χ1) is 30.6. The smallest absolute Gasteiger partial charge is 0.387 e. The quantitative estimate of drug-likeness (QED) is 0.0382. The SMILES string of the molecule is Cl.NC(=O)c1ccc[n+]([C@@H]2O[C@H](COP(=O)(O)O)C(O)[C@@H]2O)c1.NC(=O)c1ccc[n+]([C@@H]2O[C@H](COP(=O)(O)O)C(O)[C@@H]2O)c1.NC(=O)c1ccc[n+]([C@@H]2O[C@H](COP(=O)(O)O)C(O)[C@@H]2O)c1.[Na+]. The van der Waals surface area contributed by atoms with E-state index in [1.54, 1.807) is 0 Å². The molecule has 12 atom stereocenters. The largest absolute Gasteiger partial charge is 1.00 e. The number of halogens is 1. The van der Waals surface area contributed by atoms with E-state index in [9.17, 15) is 58.7 Å². The summed E-state index contributed by atoms with van der Waals surface area (Å²) in [7, 11) is -14.2. The third kappa shape index (κ3) is 17.8. The van der Waals surface area contributed by atoms with E-state index in [-0.39, 0.29) is 58.7 Å². The van der Waals surface area contributed by atoms with Gasteiger partial charge in [-0.15, -0.1) is 12.4 Å². The number of hydrogen-bond acceptors (Lipinski definition) is 18. The van der Waals surface area contributed by atoms with E-state index in [1.165, 1.54) is 87.3 Å². The molecule has 3 unspecified atom stereocenters. The second-order valence-corrected chi connectivity index (χ2v) is 17.9. The minimum atomic E-state index is -4.72. The Kier molecular flexibility index (Phi) is 23.4. The molecule has 0 aliphatic carbocycles. The van der Waals surface area contributed by atoms with Crippen LogP contribution in [0.1, 0.15) is 49.8 Å². The summed E-state index contributed by atoms with van der Waals surface area (Å²) < 4.78 is 64.8. The van der Waals surface area contributed by atoms with Gasteiger partial charge in [-0.25, -0.2) is 13.7 Å². The van der Waals surface area contributed by atoms with E-state index < -0.39 is 135 Å². The van der Waals surface area contributed by atoms with Gasteiger partial charge >= 0.3 is 53.0 Å². The zero-order valence-electron chi connectivity index (χ0n) is 35.1. The minimum Gasteiger partial charge on any atom is -0.387 e. The van der Waals surface area contributed by atoms with Crippen LogP contribution in [0.25, 0.3) is 0 Å². The normalized spacial score (nSPS) is 27.9. The molecule has 3 aromatic rings. The van der Waals surface area contributed by atoms with Gasteiger partial charge in [0.15, 0.2) is 55.5 Å². The van der Waals surface area contributed by atoms with Gasteiger partial charge in [-0.2, -0.15) is 13.7 Å². The number of ether oxygens (including phenoxy) is 3. The number of primary amides is 3. The molecule has 0 spiro atoms. The van der Waals surface area contributed by atoms with Crippen molar-refractivity contribution in [2.24, 2.45) is 17.2 Å². The van der Waals surface area contributed by atoms with Gasteiger partial charge in [0.2, 0.25) is 0 Å². The Morgan fingerprint density at radius 2 is 0.706 bits per heavy atom. The van der Waals surface area contributed by atoms with Gasteiger partial charge in [-0.3, -0.25) is 28.0 Å². The molecule has 6 rings (SSSR count). The topological polar surface area (TPSA) is 490 Å². The summed E-state index contributed by atoms with van der Waals surface area (Å²) in [6, 6.07) is 8.90. The van der Waals surface area contributed by atoms with Gasteiger partial charge in [0.1, 0.15) is 53.3 Å². The summed E-state index contributed by atoms with van der Waals surface area (Å²) in [6.45, 7) is -1.81. The van der Waals surface area contributed by atoms with Crippen molar-refractivity contribution in [1.82, 2.24) is 0 Å².